The SMILES string of the molecule is [C-]#[N+]c1c2ccccc2c(C#N)c2ccc(/C=C/c3ccc(N(c4ccccc4)c4ccc(C)cc4)cc3)cc12. The van der Waals surface area contributed by atoms with E-state index in [0.29, 0.717) is 11.3 Å². The second-order valence-electron chi connectivity index (χ2n) is 9.73. The Hall–Kier alpha value is -5.64. The molecule has 0 aliphatic heterocycles. The number of para-hydroxylation sites is 1. The van der Waals surface area contributed by atoms with E-state index in [1.165, 1.54) is 5.56 Å². The maximum atomic E-state index is 9.89. The molecule has 40 heavy (non-hydrogen) atoms. The smallest absolute Gasteiger partial charge is 0.202 e. The Morgan fingerprint density at radius 2 is 1.18 bits per heavy atom. The van der Waals surface area contributed by atoms with E-state index < -0.39 is 0 Å². The highest BCUT2D eigenvalue weighted by Gasteiger charge is 2.14. The molecule has 3 nitrogen and oxygen atoms in total. The van der Waals surface area contributed by atoms with Crippen molar-refractivity contribution in [3.05, 3.63) is 155 Å². The Bertz CT molecular complexity index is 1950. The summed E-state index contributed by atoms with van der Waals surface area (Å²) in [5, 5.41) is 13.1. The maximum absolute atomic E-state index is 9.89. The van der Waals surface area contributed by atoms with Crippen molar-refractivity contribution in [3.8, 4) is 6.07 Å². The highest BCUT2D eigenvalue weighted by Crippen LogP contribution is 2.39. The van der Waals surface area contributed by atoms with Crippen molar-refractivity contribution in [1.82, 2.24) is 0 Å². The summed E-state index contributed by atoms with van der Waals surface area (Å²) in [7, 11) is 0. The largest absolute Gasteiger partial charge is 0.311 e. The lowest BCUT2D eigenvalue weighted by atomic mass is 9.94. The number of hydrogen-bond donors (Lipinski definition) is 0. The third kappa shape index (κ3) is 4.58. The van der Waals surface area contributed by atoms with Gasteiger partial charge in [-0.2, -0.15) is 5.26 Å². The molecule has 6 rings (SSSR count). The molecule has 0 saturated carbocycles. The van der Waals surface area contributed by atoms with Crippen LogP contribution in [-0.4, -0.2) is 0 Å². The zero-order chi connectivity index (χ0) is 27.5. The fourth-order valence-corrected chi connectivity index (χ4v) is 5.16. The fraction of sp³-hybridized carbons (Fsp3) is 0.0270. The lowest BCUT2D eigenvalue weighted by Gasteiger charge is -2.25. The van der Waals surface area contributed by atoms with E-state index in [2.05, 4.69) is 108 Å². The van der Waals surface area contributed by atoms with Crippen LogP contribution in [0.15, 0.2) is 121 Å². The average Bonchev–Trinajstić information content (AvgIpc) is 3.01. The maximum Gasteiger partial charge on any atom is 0.202 e. The molecular weight excluding hydrogens is 486 g/mol. The van der Waals surface area contributed by atoms with Gasteiger partial charge in [0.05, 0.1) is 12.1 Å². The molecule has 0 radical (unpaired) electrons. The monoisotopic (exact) mass is 511 g/mol. The van der Waals surface area contributed by atoms with E-state index in [1.807, 2.05) is 48.5 Å². The molecule has 0 unspecified atom stereocenters. The van der Waals surface area contributed by atoms with Gasteiger partial charge in [-0.25, -0.2) is 4.85 Å². The van der Waals surface area contributed by atoms with Crippen LogP contribution in [0.2, 0.25) is 0 Å². The Morgan fingerprint density at radius 1 is 0.625 bits per heavy atom. The van der Waals surface area contributed by atoms with Crippen LogP contribution in [0.4, 0.5) is 22.7 Å². The summed E-state index contributed by atoms with van der Waals surface area (Å²) in [5.41, 5.74) is 7.76. The topological polar surface area (TPSA) is 31.4 Å². The molecule has 0 fully saturated rings. The van der Waals surface area contributed by atoms with Crippen LogP contribution in [0.1, 0.15) is 22.3 Å². The summed E-state index contributed by atoms with van der Waals surface area (Å²) in [6.45, 7) is 9.95. The predicted octanol–water partition coefficient (Wildman–Crippen LogP) is 10.4. The van der Waals surface area contributed by atoms with E-state index in [1.54, 1.807) is 0 Å². The van der Waals surface area contributed by atoms with Crippen molar-refractivity contribution in [1.29, 1.82) is 5.26 Å². The first-order chi connectivity index (χ1) is 19.7. The summed E-state index contributed by atoms with van der Waals surface area (Å²) in [4.78, 5) is 6.10. The zero-order valence-electron chi connectivity index (χ0n) is 22.0. The van der Waals surface area contributed by atoms with Crippen LogP contribution in [-0.2, 0) is 0 Å². The van der Waals surface area contributed by atoms with E-state index in [9.17, 15) is 5.26 Å². The van der Waals surface area contributed by atoms with Gasteiger partial charge in [-0.05, 0) is 76.0 Å². The summed E-state index contributed by atoms with van der Waals surface area (Å²) < 4.78 is 0. The van der Waals surface area contributed by atoms with Crippen LogP contribution >= 0.6 is 0 Å². The number of hydrogen-bond acceptors (Lipinski definition) is 2. The van der Waals surface area contributed by atoms with Gasteiger partial charge in [-0.3, -0.25) is 0 Å². The molecule has 0 aliphatic rings. The average molecular weight is 512 g/mol. The first-order valence-electron chi connectivity index (χ1n) is 13.1. The third-order valence-electron chi connectivity index (χ3n) is 7.17. The van der Waals surface area contributed by atoms with Gasteiger partial charge in [0.2, 0.25) is 5.69 Å². The lowest BCUT2D eigenvalue weighted by molar-refractivity contribution is 1.27. The molecule has 188 valence electrons. The van der Waals surface area contributed by atoms with Gasteiger partial charge < -0.3 is 4.90 Å². The van der Waals surface area contributed by atoms with Crippen LogP contribution in [0.25, 0.3) is 38.5 Å². The highest BCUT2D eigenvalue weighted by molar-refractivity contribution is 6.15. The Balaban J connectivity index is 1.35. The minimum atomic E-state index is 0.585. The Kier molecular flexibility index (Phi) is 6.55. The molecule has 0 spiro atoms. The number of rotatable bonds is 5. The van der Waals surface area contributed by atoms with Crippen molar-refractivity contribution >= 4 is 56.4 Å². The number of fused-ring (bicyclic) bond motifs is 2. The van der Waals surface area contributed by atoms with Crippen LogP contribution in [0, 0.1) is 24.8 Å². The molecule has 6 aromatic carbocycles. The quantitative estimate of drug-likeness (QED) is 0.131. The number of nitriles is 1. The van der Waals surface area contributed by atoms with E-state index in [0.717, 1.165) is 49.7 Å². The molecule has 0 heterocycles. The normalized spacial score (nSPS) is 11.0. The molecule has 3 heteroatoms. The second kappa shape index (κ2) is 10.6. The minimum absolute atomic E-state index is 0.585. The second-order valence-corrected chi connectivity index (χ2v) is 9.73. The Morgan fingerprint density at radius 3 is 1.85 bits per heavy atom. The number of nitrogens with zero attached hydrogens (tertiary/aromatic N) is 3. The van der Waals surface area contributed by atoms with Crippen LogP contribution in [0.3, 0.4) is 0 Å². The van der Waals surface area contributed by atoms with Gasteiger partial charge in [0.25, 0.3) is 0 Å². The number of anilines is 3. The number of aryl methyl sites for hydroxylation is 1. The molecule has 0 aliphatic carbocycles. The summed E-state index contributed by atoms with van der Waals surface area (Å²) >= 11 is 0. The molecule has 0 saturated heterocycles. The first-order valence-corrected chi connectivity index (χ1v) is 13.1. The molecule has 0 aromatic heterocycles. The third-order valence-corrected chi connectivity index (χ3v) is 7.17. The minimum Gasteiger partial charge on any atom is -0.311 e. The van der Waals surface area contributed by atoms with Crippen molar-refractivity contribution in [2.24, 2.45) is 0 Å². The summed E-state index contributed by atoms with van der Waals surface area (Å²) in [6, 6.07) is 43.4. The van der Waals surface area contributed by atoms with Gasteiger partial charge in [-0.15, -0.1) is 0 Å². The van der Waals surface area contributed by atoms with Crippen molar-refractivity contribution in [2.45, 2.75) is 6.92 Å². The van der Waals surface area contributed by atoms with Gasteiger partial charge in [0.15, 0.2) is 0 Å². The van der Waals surface area contributed by atoms with Gasteiger partial charge in [-0.1, -0.05) is 103 Å². The molecule has 0 bridgehead atoms. The van der Waals surface area contributed by atoms with Crippen LogP contribution < -0.4 is 4.90 Å². The van der Waals surface area contributed by atoms with Gasteiger partial charge in [0.1, 0.15) is 6.07 Å². The fourth-order valence-electron chi connectivity index (χ4n) is 5.16. The molecule has 0 atom stereocenters. The lowest BCUT2D eigenvalue weighted by Crippen LogP contribution is -2.09. The zero-order valence-corrected chi connectivity index (χ0v) is 22.0. The summed E-state index contributed by atoms with van der Waals surface area (Å²) in [6.07, 6.45) is 4.13. The molecule has 0 amide bonds. The van der Waals surface area contributed by atoms with Crippen molar-refractivity contribution < 1.29 is 0 Å². The Labute approximate surface area is 234 Å². The number of benzene rings is 6. The van der Waals surface area contributed by atoms with Gasteiger partial charge >= 0.3 is 0 Å². The molecule has 6 aromatic rings. The molecule has 0 N–H and O–H groups in total. The van der Waals surface area contributed by atoms with Gasteiger partial charge in [0, 0.05) is 17.1 Å². The predicted molar refractivity (Wildman–Crippen MR) is 167 cm³/mol. The van der Waals surface area contributed by atoms with E-state index >= 15 is 0 Å². The standard InChI is InChI=1S/C37H25N3/c1-26-12-19-30(20-13-26)40(29-8-4-3-5-9-29)31-21-16-27(17-22-31)14-15-28-18-23-33-35(24-28)37(39-2)34-11-7-6-10-32(34)36(33)25-38/h3-24H,1H3/b15-14+. The van der Waals surface area contributed by atoms with Crippen molar-refractivity contribution in [2.75, 3.05) is 4.90 Å². The van der Waals surface area contributed by atoms with E-state index in [4.69, 9.17) is 6.57 Å². The highest BCUT2D eigenvalue weighted by atomic mass is 15.1. The van der Waals surface area contributed by atoms with E-state index in [-0.39, 0.29) is 0 Å². The van der Waals surface area contributed by atoms with Crippen LogP contribution in [0.5, 0.6) is 0 Å². The summed E-state index contributed by atoms with van der Waals surface area (Å²) in [5.74, 6) is 0. The molecular formula is C37H25N3. The van der Waals surface area contributed by atoms with Crippen molar-refractivity contribution in [3.63, 3.8) is 0 Å². The first kappa shape index (κ1) is 24.7.